The van der Waals surface area contributed by atoms with Gasteiger partial charge in [-0.15, -0.1) is 0 Å². The van der Waals surface area contributed by atoms with E-state index < -0.39 is 0 Å². The number of Topliss-reactive ketones (excluding diaryl/α,β-unsaturated/α-hetero) is 1. The number of hydrogen-bond acceptors (Lipinski definition) is 3. The molecule has 0 saturated carbocycles. The molecule has 1 rings (SSSR count). The van der Waals surface area contributed by atoms with Gasteiger partial charge >= 0.3 is 0 Å². The Bertz CT molecular complexity index is 433. The molecule has 0 aliphatic carbocycles. The molecule has 0 saturated heterocycles. The van der Waals surface area contributed by atoms with Crippen molar-refractivity contribution in [2.45, 2.75) is 90.4 Å². The van der Waals surface area contributed by atoms with Gasteiger partial charge in [-0.05, 0) is 25.3 Å². The van der Waals surface area contributed by atoms with E-state index in [-0.39, 0.29) is 17.9 Å². The third-order valence-corrected chi connectivity index (χ3v) is 4.44. The molecule has 0 heterocycles. The van der Waals surface area contributed by atoms with E-state index in [1.165, 1.54) is 38.5 Å². The molecule has 2 unspecified atom stereocenters. The molecule has 0 radical (unpaired) electrons. The summed E-state index contributed by atoms with van der Waals surface area (Å²) in [4.78, 5) is 11.8. The quantitative estimate of drug-likeness (QED) is 0.486. The van der Waals surface area contributed by atoms with Gasteiger partial charge in [0.15, 0.2) is 5.78 Å². The van der Waals surface area contributed by atoms with Crippen molar-refractivity contribution in [3.05, 3.63) is 35.9 Å². The molecule has 0 aromatic heterocycles. The highest BCUT2D eigenvalue weighted by Crippen LogP contribution is 2.14. The van der Waals surface area contributed by atoms with Gasteiger partial charge in [-0.1, -0.05) is 82.2 Å². The van der Waals surface area contributed by atoms with Gasteiger partial charge in [0, 0.05) is 6.04 Å². The summed E-state index contributed by atoms with van der Waals surface area (Å²) in [6.07, 6.45) is 10.2. The van der Waals surface area contributed by atoms with Crippen LogP contribution in [0.5, 0.6) is 0 Å². The minimum atomic E-state index is -0.384. The van der Waals surface area contributed by atoms with E-state index in [4.69, 9.17) is 10.5 Å². The van der Waals surface area contributed by atoms with Gasteiger partial charge in [-0.2, -0.15) is 0 Å². The van der Waals surface area contributed by atoms with Crippen molar-refractivity contribution in [3.8, 4) is 0 Å². The SMILES string of the molecule is CCCCCCCCCC(N)CC(OCc1ccccc1)C(C)=O. The average Bonchev–Trinajstić information content (AvgIpc) is 2.58. The summed E-state index contributed by atoms with van der Waals surface area (Å²) in [6.45, 7) is 4.30. The van der Waals surface area contributed by atoms with Gasteiger partial charge in [-0.25, -0.2) is 0 Å². The topological polar surface area (TPSA) is 52.3 Å². The molecular weight excluding hydrogens is 298 g/mol. The average molecular weight is 334 g/mol. The lowest BCUT2D eigenvalue weighted by Gasteiger charge is -2.19. The van der Waals surface area contributed by atoms with Gasteiger partial charge in [0.25, 0.3) is 0 Å². The van der Waals surface area contributed by atoms with Crippen molar-refractivity contribution >= 4 is 5.78 Å². The Morgan fingerprint density at radius 3 is 2.29 bits per heavy atom. The van der Waals surface area contributed by atoms with Crippen LogP contribution < -0.4 is 5.73 Å². The van der Waals surface area contributed by atoms with E-state index in [1.807, 2.05) is 30.3 Å². The summed E-state index contributed by atoms with van der Waals surface area (Å²) in [5, 5.41) is 0. The van der Waals surface area contributed by atoms with Gasteiger partial charge < -0.3 is 10.5 Å². The number of ether oxygens (including phenoxy) is 1. The molecule has 0 aliphatic heterocycles. The Balaban J connectivity index is 2.20. The smallest absolute Gasteiger partial charge is 0.158 e. The van der Waals surface area contributed by atoms with Crippen molar-refractivity contribution in [1.29, 1.82) is 0 Å². The highest BCUT2D eigenvalue weighted by Gasteiger charge is 2.18. The third-order valence-electron chi connectivity index (χ3n) is 4.44. The molecule has 3 nitrogen and oxygen atoms in total. The maximum absolute atomic E-state index is 11.8. The third kappa shape index (κ3) is 9.84. The number of nitrogens with two attached hydrogens (primary N) is 1. The molecule has 0 amide bonds. The predicted molar refractivity (Wildman–Crippen MR) is 101 cm³/mol. The molecule has 0 aliphatic rings. The fourth-order valence-corrected chi connectivity index (χ4v) is 2.88. The molecular formula is C21H35NO2. The number of carbonyl (C=O) groups is 1. The van der Waals surface area contributed by atoms with Crippen molar-refractivity contribution in [1.82, 2.24) is 0 Å². The van der Waals surface area contributed by atoms with Crippen molar-refractivity contribution < 1.29 is 9.53 Å². The molecule has 0 fully saturated rings. The van der Waals surface area contributed by atoms with Crippen LogP contribution >= 0.6 is 0 Å². The molecule has 0 bridgehead atoms. The Morgan fingerprint density at radius 2 is 1.67 bits per heavy atom. The summed E-state index contributed by atoms with van der Waals surface area (Å²) >= 11 is 0. The number of ketones is 1. The first kappa shape index (κ1) is 20.9. The van der Waals surface area contributed by atoms with Crippen molar-refractivity contribution in [3.63, 3.8) is 0 Å². The normalized spacial score (nSPS) is 13.6. The molecule has 3 heteroatoms. The highest BCUT2D eigenvalue weighted by molar-refractivity contribution is 5.80. The standard InChI is InChI=1S/C21H35NO2/c1-3-4-5-6-7-8-12-15-20(22)16-21(18(2)23)24-17-19-13-10-9-11-14-19/h9-11,13-14,20-21H,3-8,12,15-17,22H2,1-2H3. The van der Waals surface area contributed by atoms with Crippen LogP contribution in [0.4, 0.5) is 0 Å². The van der Waals surface area contributed by atoms with Crippen molar-refractivity contribution in [2.24, 2.45) is 5.73 Å². The van der Waals surface area contributed by atoms with E-state index >= 15 is 0 Å². The van der Waals surface area contributed by atoms with Crippen LogP contribution in [0.1, 0.15) is 77.2 Å². The Labute approximate surface area is 148 Å². The van der Waals surface area contributed by atoms with Crippen molar-refractivity contribution in [2.75, 3.05) is 0 Å². The van der Waals surface area contributed by atoms with Gasteiger partial charge in [0.2, 0.25) is 0 Å². The predicted octanol–water partition coefficient (Wildman–Crippen LogP) is 5.02. The summed E-state index contributed by atoms with van der Waals surface area (Å²) < 4.78 is 5.80. The number of rotatable bonds is 14. The maximum atomic E-state index is 11.8. The zero-order valence-corrected chi connectivity index (χ0v) is 15.5. The fraction of sp³-hybridized carbons (Fsp3) is 0.667. The van der Waals surface area contributed by atoms with Crippen LogP contribution in [-0.2, 0) is 16.1 Å². The lowest BCUT2D eigenvalue weighted by atomic mass is 10.00. The minimum Gasteiger partial charge on any atom is -0.366 e. The van der Waals surface area contributed by atoms with E-state index in [9.17, 15) is 4.79 Å². The lowest BCUT2D eigenvalue weighted by Crippen LogP contribution is -2.32. The fourth-order valence-electron chi connectivity index (χ4n) is 2.88. The highest BCUT2D eigenvalue weighted by atomic mass is 16.5. The van der Waals surface area contributed by atoms with E-state index in [1.54, 1.807) is 6.92 Å². The van der Waals surface area contributed by atoms with E-state index in [2.05, 4.69) is 6.92 Å². The number of unbranched alkanes of at least 4 members (excludes halogenated alkanes) is 6. The van der Waals surface area contributed by atoms with Gasteiger partial charge in [0.1, 0.15) is 6.10 Å². The number of benzene rings is 1. The first-order valence-electron chi connectivity index (χ1n) is 9.55. The van der Waals surface area contributed by atoms with Crippen LogP contribution in [0.15, 0.2) is 30.3 Å². The van der Waals surface area contributed by atoms with Crippen LogP contribution in [0, 0.1) is 0 Å². The summed E-state index contributed by atoms with van der Waals surface area (Å²) in [5.41, 5.74) is 7.30. The first-order valence-corrected chi connectivity index (χ1v) is 9.55. The molecule has 1 aromatic rings. The molecule has 136 valence electrons. The number of carbonyl (C=O) groups excluding carboxylic acids is 1. The Hall–Kier alpha value is -1.19. The summed E-state index contributed by atoms with van der Waals surface area (Å²) in [5.74, 6) is 0.0703. The molecule has 2 N–H and O–H groups in total. The van der Waals surface area contributed by atoms with Crippen LogP contribution in [0.3, 0.4) is 0 Å². The monoisotopic (exact) mass is 333 g/mol. The summed E-state index contributed by atoms with van der Waals surface area (Å²) in [7, 11) is 0. The van der Waals surface area contributed by atoms with Crippen LogP contribution in [-0.4, -0.2) is 17.9 Å². The second-order valence-corrected chi connectivity index (χ2v) is 6.80. The van der Waals surface area contributed by atoms with Gasteiger partial charge in [-0.3, -0.25) is 4.79 Å². The second-order valence-electron chi connectivity index (χ2n) is 6.80. The minimum absolute atomic E-state index is 0.0466. The first-order chi connectivity index (χ1) is 11.6. The Morgan fingerprint density at radius 1 is 1.04 bits per heavy atom. The van der Waals surface area contributed by atoms with Crippen LogP contribution in [0.25, 0.3) is 0 Å². The maximum Gasteiger partial charge on any atom is 0.158 e. The largest absolute Gasteiger partial charge is 0.366 e. The van der Waals surface area contributed by atoms with E-state index in [0.717, 1.165) is 18.4 Å². The lowest BCUT2D eigenvalue weighted by molar-refractivity contribution is -0.129. The molecule has 2 atom stereocenters. The molecule has 1 aromatic carbocycles. The van der Waals surface area contributed by atoms with Crippen LogP contribution in [0.2, 0.25) is 0 Å². The Kier molecular flexibility index (Phi) is 11.4. The zero-order valence-electron chi connectivity index (χ0n) is 15.5. The number of hydrogen-bond donors (Lipinski definition) is 1. The van der Waals surface area contributed by atoms with Gasteiger partial charge in [0.05, 0.1) is 6.61 Å². The zero-order chi connectivity index (χ0) is 17.6. The molecule has 0 spiro atoms. The molecule has 24 heavy (non-hydrogen) atoms. The van der Waals surface area contributed by atoms with E-state index in [0.29, 0.717) is 13.0 Å². The summed E-state index contributed by atoms with van der Waals surface area (Å²) in [6, 6.07) is 10.0. The second kappa shape index (κ2) is 13.1.